The van der Waals surface area contributed by atoms with Gasteiger partial charge in [-0.2, -0.15) is 0 Å². The molecule has 0 radical (unpaired) electrons. The average molecular weight is 269 g/mol. The van der Waals surface area contributed by atoms with Crippen molar-refractivity contribution in [1.82, 2.24) is 15.5 Å². The molecular formula is C14H27N3O2. The number of hydrogen-bond donors (Lipinski definition) is 2. The van der Waals surface area contributed by atoms with E-state index in [9.17, 15) is 4.79 Å². The van der Waals surface area contributed by atoms with E-state index >= 15 is 0 Å². The molecule has 0 aromatic carbocycles. The SMILES string of the molecule is CC1(NC(=O)OC(C)(C)C)CC(N2CCNCC2)C1. The van der Waals surface area contributed by atoms with Gasteiger partial charge >= 0.3 is 6.09 Å². The first-order chi connectivity index (χ1) is 8.77. The molecule has 5 heteroatoms. The summed E-state index contributed by atoms with van der Waals surface area (Å²) in [5.74, 6) is 0. The quantitative estimate of drug-likeness (QED) is 0.794. The molecule has 2 rings (SSSR count). The van der Waals surface area contributed by atoms with Gasteiger partial charge in [0.15, 0.2) is 0 Å². The molecule has 1 saturated carbocycles. The molecule has 1 aliphatic heterocycles. The van der Waals surface area contributed by atoms with Crippen molar-refractivity contribution in [3.8, 4) is 0 Å². The molecule has 0 atom stereocenters. The van der Waals surface area contributed by atoms with E-state index in [2.05, 4.69) is 22.5 Å². The lowest BCUT2D eigenvalue weighted by Crippen LogP contribution is -2.64. The Hall–Kier alpha value is -0.810. The minimum absolute atomic E-state index is 0.0993. The van der Waals surface area contributed by atoms with E-state index in [1.165, 1.54) is 0 Å². The minimum atomic E-state index is -0.428. The number of rotatable bonds is 2. The van der Waals surface area contributed by atoms with Crippen molar-refractivity contribution in [2.45, 2.75) is 57.7 Å². The number of alkyl carbamates (subject to hydrolysis) is 1. The lowest BCUT2D eigenvalue weighted by molar-refractivity contribution is 0.0135. The van der Waals surface area contributed by atoms with Crippen LogP contribution >= 0.6 is 0 Å². The van der Waals surface area contributed by atoms with E-state index in [0.717, 1.165) is 39.0 Å². The van der Waals surface area contributed by atoms with E-state index in [1.807, 2.05) is 20.8 Å². The molecule has 0 spiro atoms. The van der Waals surface area contributed by atoms with Crippen molar-refractivity contribution in [1.29, 1.82) is 0 Å². The first-order valence-corrected chi connectivity index (χ1v) is 7.23. The predicted molar refractivity (Wildman–Crippen MR) is 75.2 cm³/mol. The molecule has 1 saturated heterocycles. The lowest BCUT2D eigenvalue weighted by Gasteiger charge is -2.51. The van der Waals surface area contributed by atoms with Gasteiger partial charge < -0.3 is 15.4 Å². The van der Waals surface area contributed by atoms with E-state index in [-0.39, 0.29) is 11.6 Å². The second-order valence-electron chi connectivity index (χ2n) is 7.04. The third kappa shape index (κ3) is 4.08. The molecule has 2 N–H and O–H groups in total. The van der Waals surface area contributed by atoms with Crippen LogP contribution in [0.1, 0.15) is 40.5 Å². The summed E-state index contributed by atoms with van der Waals surface area (Å²) in [6.45, 7) is 12.2. The van der Waals surface area contributed by atoms with Crippen molar-refractivity contribution in [2.75, 3.05) is 26.2 Å². The van der Waals surface area contributed by atoms with Crippen LogP contribution in [-0.4, -0.2) is 54.4 Å². The van der Waals surface area contributed by atoms with Crippen LogP contribution in [0.2, 0.25) is 0 Å². The fourth-order valence-corrected chi connectivity index (χ4v) is 2.94. The van der Waals surface area contributed by atoms with Gasteiger partial charge in [0, 0.05) is 37.8 Å². The Kier molecular flexibility index (Phi) is 4.06. The second-order valence-corrected chi connectivity index (χ2v) is 7.04. The van der Waals surface area contributed by atoms with Crippen molar-refractivity contribution in [3.63, 3.8) is 0 Å². The maximum atomic E-state index is 11.8. The van der Waals surface area contributed by atoms with Crippen molar-refractivity contribution < 1.29 is 9.53 Å². The Balaban J connectivity index is 1.75. The summed E-state index contributed by atoms with van der Waals surface area (Å²) in [5, 5.41) is 6.38. The van der Waals surface area contributed by atoms with E-state index in [1.54, 1.807) is 0 Å². The highest BCUT2D eigenvalue weighted by molar-refractivity contribution is 5.69. The largest absolute Gasteiger partial charge is 0.444 e. The maximum Gasteiger partial charge on any atom is 0.408 e. The number of nitrogens with zero attached hydrogens (tertiary/aromatic N) is 1. The lowest BCUT2D eigenvalue weighted by atomic mass is 9.73. The Morgan fingerprint density at radius 1 is 1.32 bits per heavy atom. The number of piperazine rings is 1. The molecule has 5 nitrogen and oxygen atoms in total. The van der Waals surface area contributed by atoms with E-state index < -0.39 is 5.60 Å². The van der Waals surface area contributed by atoms with Gasteiger partial charge in [-0.1, -0.05) is 0 Å². The number of amides is 1. The normalized spacial score (nSPS) is 32.5. The first-order valence-electron chi connectivity index (χ1n) is 7.23. The van der Waals surface area contributed by atoms with Crippen LogP contribution in [0.3, 0.4) is 0 Å². The molecule has 0 aromatic rings. The van der Waals surface area contributed by atoms with Crippen LogP contribution in [0.5, 0.6) is 0 Å². The summed E-state index contributed by atoms with van der Waals surface area (Å²) >= 11 is 0. The zero-order valence-corrected chi connectivity index (χ0v) is 12.6. The van der Waals surface area contributed by atoms with Gasteiger partial charge in [0.25, 0.3) is 0 Å². The highest BCUT2D eigenvalue weighted by Crippen LogP contribution is 2.35. The van der Waals surface area contributed by atoms with Gasteiger partial charge in [0.2, 0.25) is 0 Å². The smallest absolute Gasteiger partial charge is 0.408 e. The summed E-state index contributed by atoms with van der Waals surface area (Å²) in [7, 11) is 0. The highest BCUT2D eigenvalue weighted by atomic mass is 16.6. The topological polar surface area (TPSA) is 53.6 Å². The Morgan fingerprint density at radius 3 is 2.42 bits per heavy atom. The van der Waals surface area contributed by atoms with Gasteiger partial charge in [0.05, 0.1) is 0 Å². The Labute approximate surface area is 116 Å². The molecular weight excluding hydrogens is 242 g/mol. The van der Waals surface area contributed by atoms with E-state index in [4.69, 9.17) is 4.74 Å². The maximum absolute atomic E-state index is 11.8. The standard InChI is InChI=1S/C14H27N3O2/c1-13(2,3)19-12(18)16-14(4)9-11(10-14)17-7-5-15-6-8-17/h11,15H,5-10H2,1-4H3,(H,16,18). The average Bonchev–Trinajstić information content (AvgIpc) is 2.24. The van der Waals surface area contributed by atoms with Crippen LogP contribution in [0, 0.1) is 0 Å². The van der Waals surface area contributed by atoms with Crippen LogP contribution < -0.4 is 10.6 Å². The summed E-state index contributed by atoms with van der Waals surface area (Å²) in [5.41, 5.74) is -0.528. The predicted octanol–water partition coefficient (Wildman–Crippen LogP) is 1.34. The molecule has 19 heavy (non-hydrogen) atoms. The first kappa shape index (κ1) is 14.6. The Bertz CT molecular complexity index is 326. The molecule has 1 aliphatic carbocycles. The Morgan fingerprint density at radius 2 is 1.89 bits per heavy atom. The summed E-state index contributed by atoms with van der Waals surface area (Å²) in [4.78, 5) is 14.3. The monoisotopic (exact) mass is 269 g/mol. The zero-order valence-electron chi connectivity index (χ0n) is 12.6. The molecule has 2 fully saturated rings. The molecule has 110 valence electrons. The fraction of sp³-hybridized carbons (Fsp3) is 0.929. The molecule has 1 amide bonds. The molecule has 0 bridgehead atoms. The molecule has 2 aliphatic rings. The summed E-state index contributed by atoms with van der Waals surface area (Å²) < 4.78 is 5.32. The van der Waals surface area contributed by atoms with E-state index in [0.29, 0.717) is 6.04 Å². The number of nitrogens with one attached hydrogen (secondary N) is 2. The third-order valence-electron chi connectivity index (χ3n) is 3.84. The highest BCUT2D eigenvalue weighted by Gasteiger charge is 2.44. The van der Waals surface area contributed by atoms with Crippen LogP contribution in [0.15, 0.2) is 0 Å². The fourth-order valence-electron chi connectivity index (χ4n) is 2.94. The minimum Gasteiger partial charge on any atom is -0.444 e. The van der Waals surface area contributed by atoms with Gasteiger partial charge in [-0.05, 0) is 40.5 Å². The summed E-state index contributed by atoms with van der Waals surface area (Å²) in [6.07, 6.45) is 1.74. The van der Waals surface area contributed by atoms with Gasteiger partial charge in [-0.3, -0.25) is 4.90 Å². The second kappa shape index (κ2) is 5.29. The van der Waals surface area contributed by atoms with Crippen LogP contribution in [-0.2, 0) is 4.74 Å². The molecule has 1 heterocycles. The zero-order chi connectivity index (χ0) is 14.1. The van der Waals surface area contributed by atoms with Crippen LogP contribution in [0.25, 0.3) is 0 Å². The number of hydrogen-bond acceptors (Lipinski definition) is 4. The summed E-state index contributed by atoms with van der Waals surface area (Å²) in [6, 6.07) is 0.613. The number of ether oxygens (including phenoxy) is 1. The molecule has 0 aromatic heterocycles. The molecule has 0 unspecified atom stereocenters. The van der Waals surface area contributed by atoms with Crippen LogP contribution in [0.4, 0.5) is 4.79 Å². The third-order valence-corrected chi connectivity index (χ3v) is 3.84. The van der Waals surface area contributed by atoms with Crippen molar-refractivity contribution in [2.24, 2.45) is 0 Å². The van der Waals surface area contributed by atoms with Gasteiger partial charge in [0.1, 0.15) is 5.60 Å². The van der Waals surface area contributed by atoms with Crippen molar-refractivity contribution in [3.05, 3.63) is 0 Å². The van der Waals surface area contributed by atoms with Gasteiger partial charge in [-0.15, -0.1) is 0 Å². The van der Waals surface area contributed by atoms with Gasteiger partial charge in [-0.25, -0.2) is 4.79 Å². The van der Waals surface area contributed by atoms with Crippen molar-refractivity contribution >= 4 is 6.09 Å². The number of carbonyl (C=O) groups is 1. The number of carbonyl (C=O) groups excluding carboxylic acids is 1.